The monoisotopic (exact) mass is 260 g/mol. The average Bonchev–Trinajstić information content (AvgIpc) is 2.03. The number of benzene rings is 1. The van der Waals surface area contributed by atoms with E-state index in [1.54, 1.807) is 6.08 Å². The van der Waals surface area contributed by atoms with Gasteiger partial charge in [0.15, 0.2) is 0 Å². The Balaban J connectivity index is 2.86. The molecule has 0 aliphatic carbocycles. The molecule has 1 aromatic rings. The lowest BCUT2D eigenvalue weighted by atomic mass is 10.2. The van der Waals surface area contributed by atoms with E-state index in [4.69, 9.17) is 5.11 Å². The van der Waals surface area contributed by atoms with Gasteiger partial charge in [-0.15, -0.1) is 0 Å². The van der Waals surface area contributed by atoms with Crippen LogP contribution in [-0.2, 0) is 0 Å². The normalized spacial score (nSPS) is 10.7. The molecule has 0 heterocycles. The van der Waals surface area contributed by atoms with Crippen molar-refractivity contribution in [1.82, 2.24) is 0 Å². The molecule has 1 rings (SSSR count). The summed E-state index contributed by atoms with van der Waals surface area (Å²) in [7, 11) is 0. The lowest BCUT2D eigenvalue weighted by Crippen LogP contribution is -1.78. The van der Waals surface area contributed by atoms with Crippen LogP contribution in [0.1, 0.15) is 5.56 Å². The van der Waals surface area contributed by atoms with Gasteiger partial charge in [-0.2, -0.15) is 0 Å². The van der Waals surface area contributed by atoms with Gasteiger partial charge in [0.05, 0.1) is 6.61 Å². The molecule has 0 saturated heterocycles. The molecule has 1 N–H and O–H groups in total. The maximum atomic E-state index is 8.53. The molecule has 58 valence electrons. The van der Waals surface area contributed by atoms with Crippen molar-refractivity contribution in [3.05, 3.63) is 39.5 Å². The van der Waals surface area contributed by atoms with E-state index in [0.29, 0.717) is 0 Å². The Labute approximate surface area is 79.9 Å². The van der Waals surface area contributed by atoms with Gasteiger partial charge in [-0.25, -0.2) is 0 Å². The Morgan fingerprint density at radius 1 is 1.36 bits per heavy atom. The van der Waals surface area contributed by atoms with Crippen LogP contribution in [0, 0.1) is 3.57 Å². The number of hydrogen-bond donors (Lipinski definition) is 1. The molecule has 0 radical (unpaired) electrons. The third kappa shape index (κ3) is 2.63. The Kier molecular flexibility index (Phi) is 3.59. The summed E-state index contributed by atoms with van der Waals surface area (Å²) in [5.74, 6) is 0. The Bertz CT molecular complexity index is 255. The molecule has 0 aromatic heterocycles. The van der Waals surface area contributed by atoms with Crippen molar-refractivity contribution in [2.75, 3.05) is 6.61 Å². The van der Waals surface area contributed by atoms with Gasteiger partial charge < -0.3 is 5.11 Å². The van der Waals surface area contributed by atoms with Gasteiger partial charge in [-0.05, 0) is 34.2 Å². The molecular weight excluding hydrogens is 251 g/mol. The smallest absolute Gasteiger partial charge is 0.0615 e. The first-order chi connectivity index (χ1) is 5.34. The molecule has 0 saturated carbocycles. The van der Waals surface area contributed by atoms with Crippen LogP contribution >= 0.6 is 22.6 Å². The molecular formula is C9H9IO. The molecule has 0 spiro atoms. The van der Waals surface area contributed by atoms with Gasteiger partial charge in [0.25, 0.3) is 0 Å². The molecule has 0 fully saturated rings. The lowest BCUT2D eigenvalue weighted by molar-refractivity contribution is 0.343. The van der Waals surface area contributed by atoms with Crippen molar-refractivity contribution >= 4 is 28.7 Å². The van der Waals surface area contributed by atoms with Crippen molar-refractivity contribution in [3.8, 4) is 0 Å². The maximum Gasteiger partial charge on any atom is 0.0615 e. The standard InChI is InChI=1S/C9H9IO/c10-9-6-2-1-4-8(9)5-3-7-11/h1-6,11H,7H2. The Hall–Kier alpha value is -0.350. The van der Waals surface area contributed by atoms with Crippen LogP contribution in [0.2, 0.25) is 0 Å². The second-order valence-corrected chi connectivity index (χ2v) is 3.27. The highest BCUT2D eigenvalue weighted by atomic mass is 127. The average molecular weight is 260 g/mol. The summed E-state index contributed by atoms with van der Waals surface area (Å²) in [6.07, 6.45) is 3.65. The second kappa shape index (κ2) is 4.51. The fraction of sp³-hybridized carbons (Fsp3) is 0.111. The first-order valence-corrected chi connectivity index (χ1v) is 4.44. The zero-order valence-corrected chi connectivity index (χ0v) is 8.15. The van der Waals surface area contributed by atoms with Gasteiger partial charge in [-0.3, -0.25) is 0 Å². The molecule has 11 heavy (non-hydrogen) atoms. The molecule has 0 aliphatic rings. The van der Waals surface area contributed by atoms with Gasteiger partial charge in [-0.1, -0.05) is 30.4 Å². The van der Waals surface area contributed by atoms with Crippen LogP contribution in [0.3, 0.4) is 0 Å². The zero-order valence-electron chi connectivity index (χ0n) is 6.00. The van der Waals surface area contributed by atoms with Crippen molar-refractivity contribution in [2.24, 2.45) is 0 Å². The molecule has 1 nitrogen and oxygen atoms in total. The van der Waals surface area contributed by atoms with Gasteiger partial charge in [0.2, 0.25) is 0 Å². The highest BCUT2D eigenvalue weighted by Crippen LogP contribution is 2.12. The van der Waals surface area contributed by atoms with Gasteiger partial charge in [0.1, 0.15) is 0 Å². The summed E-state index contributed by atoms with van der Waals surface area (Å²) in [6.45, 7) is 0.102. The third-order valence-electron chi connectivity index (χ3n) is 1.31. The van der Waals surface area contributed by atoms with Crippen LogP contribution in [0.15, 0.2) is 30.3 Å². The molecule has 2 heteroatoms. The predicted molar refractivity (Wildman–Crippen MR) is 55.3 cm³/mol. The molecule has 0 aliphatic heterocycles. The van der Waals surface area contributed by atoms with Gasteiger partial charge >= 0.3 is 0 Å². The topological polar surface area (TPSA) is 20.2 Å². The molecule has 0 bridgehead atoms. The number of halogens is 1. The Morgan fingerprint density at radius 2 is 2.09 bits per heavy atom. The minimum Gasteiger partial charge on any atom is -0.392 e. The van der Waals surface area contributed by atoms with Crippen molar-refractivity contribution in [3.63, 3.8) is 0 Å². The second-order valence-electron chi connectivity index (χ2n) is 2.11. The van der Waals surface area contributed by atoms with Crippen LogP contribution in [0.5, 0.6) is 0 Å². The van der Waals surface area contributed by atoms with E-state index in [-0.39, 0.29) is 6.61 Å². The number of hydrogen-bond acceptors (Lipinski definition) is 1. The summed E-state index contributed by atoms with van der Waals surface area (Å²) in [5.41, 5.74) is 1.15. The van der Waals surface area contributed by atoms with Gasteiger partial charge in [0, 0.05) is 3.57 Å². The van der Waals surface area contributed by atoms with E-state index in [1.165, 1.54) is 3.57 Å². The Morgan fingerprint density at radius 3 is 2.73 bits per heavy atom. The first-order valence-electron chi connectivity index (χ1n) is 3.36. The van der Waals surface area contributed by atoms with E-state index in [0.717, 1.165) is 5.56 Å². The van der Waals surface area contributed by atoms with Crippen molar-refractivity contribution in [1.29, 1.82) is 0 Å². The zero-order chi connectivity index (χ0) is 8.10. The van der Waals surface area contributed by atoms with E-state index >= 15 is 0 Å². The highest BCUT2D eigenvalue weighted by Gasteiger charge is 1.90. The number of aliphatic hydroxyl groups excluding tert-OH is 1. The third-order valence-corrected chi connectivity index (χ3v) is 2.29. The van der Waals surface area contributed by atoms with E-state index in [2.05, 4.69) is 22.6 Å². The summed E-state index contributed by atoms with van der Waals surface area (Å²) >= 11 is 2.27. The van der Waals surface area contributed by atoms with Crippen molar-refractivity contribution < 1.29 is 5.11 Å². The fourth-order valence-electron chi connectivity index (χ4n) is 0.790. The van der Waals surface area contributed by atoms with Crippen LogP contribution in [0.25, 0.3) is 6.08 Å². The van der Waals surface area contributed by atoms with Crippen molar-refractivity contribution in [2.45, 2.75) is 0 Å². The summed E-state index contributed by atoms with van der Waals surface area (Å²) in [6, 6.07) is 8.04. The summed E-state index contributed by atoms with van der Waals surface area (Å²) < 4.78 is 1.20. The molecule has 1 aromatic carbocycles. The quantitative estimate of drug-likeness (QED) is 0.809. The maximum absolute atomic E-state index is 8.53. The van der Waals surface area contributed by atoms with E-state index < -0.39 is 0 Å². The SMILES string of the molecule is OCC=Cc1ccccc1I. The molecule has 0 amide bonds. The first kappa shape index (κ1) is 8.74. The summed E-state index contributed by atoms with van der Waals surface area (Å²) in [5, 5.41) is 8.53. The van der Waals surface area contributed by atoms with E-state index in [9.17, 15) is 0 Å². The highest BCUT2D eigenvalue weighted by molar-refractivity contribution is 14.1. The summed E-state index contributed by atoms with van der Waals surface area (Å²) in [4.78, 5) is 0. The van der Waals surface area contributed by atoms with Crippen LogP contribution in [-0.4, -0.2) is 11.7 Å². The minimum atomic E-state index is 0.102. The van der Waals surface area contributed by atoms with E-state index in [1.807, 2.05) is 30.3 Å². The largest absolute Gasteiger partial charge is 0.392 e. The van der Waals surface area contributed by atoms with Crippen LogP contribution in [0.4, 0.5) is 0 Å². The minimum absolute atomic E-state index is 0.102. The number of rotatable bonds is 2. The fourth-order valence-corrected chi connectivity index (χ4v) is 1.36. The van der Waals surface area contributed by atoms with Crippen LogP contribution < -0.4 is 0 Å². The molecule has 0 unspecified atom stereocenters. The lowest BCUT2D eigenvalue weighted by Gasteiger charge is -1.95. The number of aliphatic hydroxyl groups is 1. The predicted octanol–water partition coefficient (Wildman–Crippen LogP) is 2.30. The molecule has 0 atom stereocenters.